The van der Waals surface area contributed by atoms with Crippen molar-refractivity contribution in [2.45, 2.75) is 44.7 Å². The summed E-state index contributed by atoms with van der Waals surface area (Å²) in [5.41, 5.74) is 6.33. The Kier molecular flexibility index (Phi) is 5.31. The van der Waals surface area contributed by atoms with Crippen molar-refractivity contribution in [3.05, 3.63) is 29.8 Å². The number of nitrogens with two attached hydrogens (primary N) is 1. The molecule has 0 saturated carbocycles. The second-order valence-corrected chi connectivity index (χ2v) is 6.72. The highest BCUT2D eigenvalue weighted by Gasteiger charge is 2.17. The average molecular weight is 270 g/mol. The molecule has 1 atom stereocenters. The quantitative estimate of drug-likeness (QED) is 0.828. The first-order chi connectivity index (χ1) is 8.35. The molecule has 5 heteroatoms. The van der Waals surface area contributed by atoms with E-state index in [1.54, 1.807) is 18.2 Å². The molecule has 102 valence electrons. The van der Waals surface area contributed by atoms with Crippen molar-refractivity contribution in [2.75, 3.05) is 0 Å². The van der Waals surface area contributed by atoms with Gasteiger partial charge in [0, 0.05) is 12.6 Å². The minimum absolute atomic E-state index is 0.0727. The van der Waals surface area contributed by atoms with Gasteiger partial charge in [0.15, 0.2) is 0 Å². The Morgan fingerprint density at radius 2 is 1.94 bits per heavy atom. The topological polar surface area (TPSA) is 72.2 Å². The van der Waals surface area contributed by atoms with Gasteiger partial charge in [0.1, 0.15) is 0 Å². The largest absolute Gasteiger partial charge is 0.326 e. The Balaban J connectivity index is 2.85. The van der Waals surface area contributed by atoms with E-state index in [2.05, 4.69) is 18.6 Å². The molecule has 1 aromatic rings. The van der Waals surface area contributed by atoms with Crippen LogP contribution in [0.3, 0.4) is 0 Å². The third kappa shape index (κ3) is 4.40. The van der Waals surface area contributed by atoms with E-state index in [1.165, 1.54) is 0 Å². The van der Waals surface area contributed by atoms with Crippen LogP contribution in [0.2, 0.25) is 0 Å². The molecular formula is C13H22N2O2S. The zero-order valence-electron chi connectivity index (χ0n) is 11.2. The van der Waals surface area contributed by atoms with Gasteiger partial charge in [-0.2, -0.15) is 0 Å². The van der Waals surface area contributed by atoms with Gasteiger partial charge in [0.05, 0.1) is 4.90 Å². The van der Waals surface area contributed by atoms with Gasteiger partial charge in [-0.1, -0.05) is 26.0 Å². The van der Waals surface area contributed by atoms with E-state index >= 15 is 0 Å². The monoisotopic (exact) mass is 270 g/mol. The van der Waals surface area contributed by atoms with Gasteiger partial charge in [-0.25, -0.2) is 13.1 Å². The molecule has 18 heavy (non-hydrogen) atoms. The molecule has 0 aliphatic heterocycles. The van der Waals surface area contributed by atoms with Gasteiger partial charge >= 0.3 is 0 Å². The fraction of sp³-hybridized carbons (Fsp3) is 0.538. The molecule has 0 fully saturated rings. The van der Waals surface area contributed by atoms with E-state index in [1.807, 2.05) is 13.0 Å². The summed E-state index contributed by atoms with van der Waals surface area (Å²) in [4.78, 5) is 0.279. The lowest BCUT2D eigenvalue weighted by Crippen LogP contribution is -2.33. The first-order valence-corrected chi connectivity index (χ1v) is 7.65. The van der Waals surface area contributed by atoms with Crippen LogP contribution in [0.4, 0.5) is 0 Å². The lowest BCUT2D eigenvalue weighted by molar-refractivity contribution is 0.482. The highest BCUT2D eigenvalue weighted by Crippen LogP contribution is 2.13. The predicted molar refractivity (Wildman–Crippen MR) is 73.6 cm³/mol. The summed E-state index contributed by atoms with van der Waals surface area (Å²) < 4.78 is 27.0. The van der Waals surface area contributed by atoms with Crippen LogP contribution in [0.1, 0.15) is 32.8 Å². The summed E-state index contributed by atoms with van der Waals surface area (Å²) in [6, 6.07) is 6.66. The van der Waals surface area contributed by atoms with Crippen LogP contribution in [-0.4, -0.2) is 14.5 Å². The Bertz CT molecular complexity index is 484. The van der Waals surface area contributed by atoms with E-state index in [0.29, 0.717) is 12.5 Å². The van der Waals surface area contributed by atoms with E-state index in [9.17, 15) is 8.42 Å². The van der Waals surface area contributed by atoms with Crippen LogP contribution in [0.25, 0.3) is 0 Å². The highest BCUT2D eigenvalue weighted by molar-refractivity contribution is 7.89. The molecule has 0 aliphatic rings. The normalized spacial score (nSPS) is 13.8. The highest BCUT2D eigenvalue weighted by atomic mass is 32.2. The van der Waals surface area contributed by atoms with Crippen LogP contribution < -0.4 is 10.5 Å². The molecule has 1 unspecified atom stereocenters. The van der Waals surface area contributed by atoms with Crippen LogP contribution in [-0.2, 0) is 16.6 Å². The molecule has 0 radical (unpaired) electrons. The molecule has 0 amide bonds. The van der Waals surface area contributed by atoms with Crippen LogP contribution in [0.15, 0.2) is 29.2 Å². The number of benzene rings is 1. The van der Waals surface area contributed by atoms with Gasteiger partial charge < -0.3 is 5.73 Å². The third-order valence-electron chi connectivity index (χ3n) is 2.63. The molecule has 0 spiro atoms. The molecule has 0 heterocycles. The number of nitrogens with one attached hydrogen (secondary N) is 1. The standard InChI is InChI=1S/C13H22N2O2S/c1-10(2)7-11(3)15-18(16,17)13-6-4-5-12(8-13)9-14/h4-6,8,10-11,15H,7,9,14H2,1-3H3. The summed E-state index contributed by atoms with van der Waals surface area (Å²) in [5, 5.41) is 0. The molecule has 0 aromatic heterocycles. The maximum atomic E-state index is 12.1. The molecule has 0 bridgehead atoms. The van der Waals surface area contributed by atoms with Gasteiger partial charge in [-0.05, 0) is 37.0 Å². The van der Waals surface area contributed by atoms with Crippen LogP contribution in [0, 0.1) is 5.92 Å². The van der Waals surface area contributed by atoms with Gasteiger partial charge in [0.25, 0.3) is 0 Å². The second kappa shape index (κ2) is 6.31. The number of hydrogen-bond donors (Lipinski definition) is 2. The first kappa shape index (κ1) is 15.1. The summed E-state index contributed by atoms with van der Waals surface area (Å²) in [7, 11) is -3.44. The SMILES string of the molecule is CC(C)CC(C)NS(=O)(=O)c1cccc(CN)c1. The lowest BCUT2D eigenvalue weighted by atomic mass is 10.1. The van der Waals surface area contributed by atoms with Crippen molar-refractivity contribution in [3.63, 3.8) is 0 Å². The van der Waals surface area contributed by atoms with Gasteiger partial charge in [-0.15, -0.1) is 0 Å². The minimum Gasteiger partial charge on any atom is -0.326 e. The zero-order chi connectivity index (χ0) is 13.8. The summed E-state index contributed by atoms with van der Waals surface area (Å²) in [6.07, 6.45) is 0.815. The average Bonchev–Trinajstić information content (AvgIpc) is 2.27. The minimum atomic E-state index is -3.44. The number of sulfonamides is 1. The van der Waals surface area contributed by atoms with Gasteiger partial charge in [0.2, 0.25) is 10.0 Å². The molecule has 0 aliphatic carbocycles. The maximum Gasteiger partial charge on any atom is 0.240 e. The predicted octanol–water partition coefficient (Wildman–Crippen LogP) is 1.86. The zero-order valence-corrected chi connectivity index (χ0v) is 12.0. The molecule has 1 rings (SSSR count). The summed E-state index contributed by atoms with van der Waals surface area (Å²) in [6.45, 7) is 6.36. The Labute approximate surface area is 110 Å². The molecule has 1 aromatic carbocycles. The Morgan fingerprint density at radius 1 is 1.28 bits per heavy atom. The van der Waals surface area contributed by atoms with Crippen molar-refractivity contribution in [2.24, 2.45) is 11.7 Å². The fourth-order valence-corrected chi connectivity index (χ4v) is 3.25. The van der Waals surface area contributed by atoms with E-state index < -0.39 is 10.0 Å². The van der Waals surface area contributed by atoms with Crippen molar-refractivity contribution in [3.8, 4) is 0 Å². The maximum absolute atomic E-state index is 12.1. The molecule has 0 saturated heterocycles. The van der Waals surface area contributed by atoms with E-state index in [-0.39, 0.29) is 10.9 Å². The van der Waals surface area contributed by atoms with Crippen molar-refractivity contribution >= 4 is 10.0 Å². The van der Waals surface area contributed by atoms with Crippen molar-refractivity contribution < 1.29 is 8.42 Å². The van der Waals surface area contributed by atoms with Crippen LogP contribution >= 0.6 is 0 Å². The summed E-state index contributed by atoms with van der Waals surface area (Å²) >= 11 is 0. The first-order valence-electron chi connectivity index (χ1n) is 6.16. The number of rotatable bonds is 6. The van der Waals surface area contributed by atoms with Crippen LogP contribution in [0.5, 0.6) is 0 Å². The van der Waals surface area contributed by atoms with E-state index in [0.717, 1.165) is 12.0 Å². The van der Waals surface area contributed by atoms with Crippen molar-refractivity contribution in [1.29, 1.82) is 0 Å². The summed E-state index contributed by atoms with van der Waals surface area (Å²) in [5.74, 6) is 0.457. The third-order valence-corrected chi connectivity index (χ3v) is 4.21. The molecular weight excluding hydrogens is 248 g/mol. The fourth-order valence-electron chi connectivity index (χ4n) is 1.93. The lowest BCUT2D eigenvalue weighted by Gasteiger charge is -2.16. The molecule has 3 N–H and O–H groups in total. The van der Waals surface area contributed by atoms with Gasteiger partial charge in [-0.3, -0.25) is 0 Å². The molecule has 4 nitrogen and oxygen atoms in total. The Morgan fingerprint density at radius 3 is 2.50 bits per heavy atom. The Hall–Kier alpha value is -0.910. The van der Waals surface area contributed by atoms with E-state index in [4.69, 9.17) is 5.73 Å². The smallest absolute Gasteiger partial charge is 0.240 e. The second-order valence-electron chi connectivity index (χ2n) is 5.00. The van der Waals surface area contributed by atoms with Crippen molar-refractivity contribution in [1.82, 2.24) is 4.72 Å². The number of hydrogen-bond acceptors (Lipinski definition) is 3.